The number of carbonyl (C=O) groups is 1. The summed E-state index contributed by atoms with van der Waals surface area (Å²) < 4.78 is 12.9. The fourth-order valence-corrected chi connectivity index (χ4v) is 5.71. The molecule has 2 heterocycles. The number of nitrogens with zero attached hydrogens (tertiary/aromatic N) is 3. The Morgan fingerprint density at radius 1 is 1.02 bits per heavy atom. The van der Waals surface area contributed by atoms with Crippen LogP contribution in [-0.4, -0.2) is 41.4 Å². The van der Waals surface area contributed by atoms with Crippen molar-refractivity contribution < 1.29 is 19.4 Å². The van der Waals surface area contributed by atoms with Gasteiger partial charge in [-0.05, 0) is 39.9 Å². The van der Waals surface area contributed by atoms with Crippen molar-refractivity contribution in [1.82, 2.24) is 20.1 Å². The van der Waals surface area contributed by atoms with Gasteiger partial charge in [-0.15, -0.1) is 10.2 Å². The number of hydrogen-bond acceptors (Lipinski definition) is 7. The highest BCUT2D eigenvalue weighted by Crippen LogP contribution is 2.40. The van der Waals surface area contributed by atoms with E-state index in [1.807, 2.05) is 84.4 Å². The molecule has 12 heteroatoms. The summed E-state index contributed by atoms with van der Waals surface area (Å²) in [4.78, 5) is 12.0. The third-order valence-corrected chi connectivity index (χ3v) is 8.49. The Bertz CT molecular complexity index is 1510. The van der Waals surface area contributed by atoms with E-state index in [-0.39, 0.29) is 25.4 Å². The van der Waals surface area contributed by atoms with E-state index in [0.29, 0.717) is 12.2 Å². The summed E-state index contributed by atoms with van der Waals surface area (Å²) in [5, 5.41) is 21.1. The lowest BCUT2D eigenvalue weighted by molar-refractivity contribution is -0.245. The Balaban J connectivity index is 1.36. The van der Waals surface area contributed by atoms with Crippen LogP contribution >= 0.6 is 46.6 Å². The smallest absolute Gasteiger partial charge is 0.272 e. The first-order valence-electron chi connectivity index (χ1n) is 13.2. The van der Waals surface area contributed by atoms with Gasteiger partial charge in [-0.3, -0.25) is 4.79 Å². The van der Waals surface area contributed by atoms with Crippen LogP contribution in [0, 0.1) is 0 Å². The molecule has 3 aromatic carbocycles. The van der Waals surface area contributed by atoms with Gasteiger partial charge in [0.15, 0.2) is 11.4 Å². The summed E-state index contributed by atoms with van der Waals surface area (Å²) >= 11 is 18.6. The van der Waals surface area contributed by atoms with Gasteiger partial charge in [0, 0.05) is 31.3 Å². The van der Waals surface area contributed by atoms with Crippen LogP contribution in [0.4, 0.5) is 0 Å². The number of amides is 1. The van der Waals surface area contributed by atoms with Crippen molar-refractivity contribution in [2.24, 2.45) is 7.05 Å². The normalized spacial score (nSPS) is 19.0. The highest BCUT2D eigenvalue weighted by Gasteiger charge is 2.33. The van der Waals surface area contributed by atoms with Gasteiger partial charge in [-0.2, -0.15) is 0 Å². The zero-order valence-corrected chi connectivity index (χ0v) is 25.7. The van der Waals surface area contributed by atoms with Crippen molar-refractivity contribution >= 4 is 52.5 Å². The molecule has 5 rings (SSSR count). The van der Waals surface area contributed by atoms with E-state index < -0.39 is 16.0 Å². The largest absolute Gasteiger partial charge is 0.392 e. The van der Waals surface area contributed by atoms with Gasteiger partial charge in [0.25, 0.3) is 9.70 Å². The Kier molecular flexibility index (Phi) is 10.1. The molecule has 220 valence electrons. The maximum Gasteiger partial charge on any atom is 0.272 e. The average Bonchev–Trinajstić information content (AvgIpc) is 3.42. The number of ether oxygens (including phenoxy) is 2. The van der Waals surface area contributed by atoms with Crippen LogP contribution in [0.5, 0.6) is 0 Å². The van der Waals surface area contributed by atoms with Gasteiger partial charge in [0.05, 0.1) is 18.8 Å². The zero-order chi connectivity index (χ0) is 29.7. The second-order valence-electron chi connectivity index (χ2n) is 9.89. The highest BCUT2D eigenvalue weighted by atomic mass is 35.6. The van der Waals surface area contributed by atoms with E-state index in [1.54, 1.807) is 18.1 Å². The molecule has 1 amide bonds. The SMILES string of the molecule is Cn1cnnc1SC[C@H]1C[C@@H](c2ccc(CO)cc2)O[C@@H](c2cccc(-c3cccc(CNC(=O)C(Cl)(Cl)Cl)c3)c2)O1. The van der Waals surface area contributed by atoms with Gasteiger partial charge in [-0.1, -0.05) is 107 Å². The predicted molar refractivity (Wildman–Crippen MR) is 164 cm³/mol. The fourth-order valence-electron chi connectivity index (χ4n) is 4.60. The number of alkyl halides is 3. The number of aromatic nitrogens is 3. The maximum absolute atomic E-state index is 12.0. The Morgan fingerprint density at radius 3 is 2.45 bits per heavy atom. The monoisotopic (exact) mass is 646 g/mol. The van der Waals surface area contributed by atoms with Crippen LogP contribution in [0.1, 0.15) is 41.1 Å². The van der Waals surface area contributed by atoms with Crippen LogP contribution < -0.4 is 5.32 Å². The third-order valence-electron chi connectivity index (χ3n) is 6.81. The van der Waals surface area contributed by atoms with Crippen molar-refractivity contribution in [2.75, 3.05) is 5.75 Å². The van der Waals surface area contributed by atoms with E-state index in [0.717, 1.165) is 38.5 Å². The van der Waals surface area contributed by atoms with Crippen molar-refractivity contribution in [3.05, 3.63) is 101 Å². The highest BCUT2D eigenvalue weighted by molar-refractivity contribution is 7.99. The van der Waals surface area contributed by atoms with Crippen LogP contribution in [0.15, 0.2) is 84.3 Å². The summed E-state index contributed by atoms with van der Waals surface area (Å²) in [5.41, 5.74) is 5.53. The third kappa shape index (κ3) is 7.85. The van der Waals surface area contributed by atoms with Crippen molar-refractivity contribution in [3.63, 3.8) is 0 Å². The molecule has 1 fully saturated rings. The first-order chi connectivity index (χ1) is 20.2. The Morgan fingerprint density at radius 2 is 1.76 bits per heavy atom. The molecule has 1 aromatic heterocycles. The average molecular weight is 648 g/mol. The first kappa shape index (κ1) is 30.8. The number of nitrogens with one attached hydrogen (secondary N) is 1. The molecule has 0 saturated carbocycles. The second-order valence-corrected chi connectivity index (χ2v) is 13.2. The number of carbonyl (C=O) groups excluding carboxylic acids is 1. The zero-order valence-electron chi connectivity index (χ0n) is 22.6. The van der Waals surface area contributed by atoms with E-state index in [1.165, 1.54) is 0 Å². The van der Waals surface area contributed by atoms with E-state index in [2.05, 4.69) is 15.5 Å². The topological polar surface area (TPSA) is 98.5 Å². The number of halogens is 3. The number of hydrogen-bond donors (Lipinski definition) is 2. The minimum absolute atomic E-state index is 0.0121. The number of thioether (sulfide) groups is 1. The maximum atomic E-state index is 12.0. The van der Waals surface area contributed by atoms with Gasteiger partial charge < -0.3 is 24.5 Å². The number of rotatable bonds is 9. The summed E-state index contributed by atoms with van der Waals surface area (Å²) in [6.45, 7) is 0.207. The van der Waals surface area contributed by atoms with Crippen LogP contribution in [0.3, 0.4) is 0 Å². The van der Waals surface area contributed by atoms with E-state index in [4.69, 9.17) is 44.3 Å². The Labute approximate surface area is 263 Å². The van der Waals surface area contributed by atoms with Crippen molar-refractivity contribution in [2.45, 2.75) is 47.0 Å². The van der Waals surface area contributed by atoms with Gasteiger partial charge in [0.2, 0.25) is 0 Å². The molecule has 1 aliphatic heterocycles. The molecule has 42 heavy (non-hydrogen) atoms. The number of aliphatic hydroxyl groups excluding tert-OH is 1. The lowest BCUT2D eigenvalue weighted by atomic mass is 9.99. The van der Waals surface area contributed by atoms with Crippen LogP contribution in [0.2, 0.25) is 0 Å². The molecule has 0 aliphatic carbocycles. The van der Waals surface area contributed by atoms with E-state index in [9.17, 15) is 9.90 Å². The molecule has 0 spiro atoms. The summed E-state index contributed by atoms with van der Waals surface area (Å²) in [6.07, 6.45) is 1.44. The number of benzene rings is 3. The van der Waals surface area contributed by atoms with Crippen molar-refractivity contribution in [1.29, 1.82) is 0 Å². The minimum Gasteiger partial charge on any atom is -0.392 e. The van der Waals surface area contributed by atoms with Gasteiger partial charge in [-0.25, -0.2) is 0 Å². The molecule has 0 bridgehead atoms. The minimum atomic E-state index is -2.02. The number of aryl methyl sites for hydroxylation is 1. The van der Waals surface area contributed by atoms with Crippen LogP contribution in [-0.2, 0) is 34.5 Å². The predicted octanol–water partition coefficient (Wildman–Crippen LogP) is 6.30. The lowest BCUT2D eigenvalue weighted by Crippen LogP contribution is -2.33. The molecule has 2 N–H and O–H groups in total. The molecule has 4 aromatic rings. The fraction of sp³-hybridized carbons (Fsp3) is 0.300. The molecule has 3 atom stereocenters. The quantitative estimate of drug-likeness (QED) is 0.163. The van der Waals surface area contributed by atoms with Gasteiger partial charge in [0.1, 0.15) is 6.33 Å². The standard InChI is InChI=1S/C30H29Cl3N4O4S/c1-37-18-35-36-29(37)42-17-25-14-26(21-10-8-19(16-38)9-11-21)41-27(40-25)24-7-3-6-23(13-24)22-5-2-4-20(12-22)15-34-28(39)30(31,32)33/h2-13,18,25-27,38H,14-17H2,1H3,(H,34,39)/t25-,26+,27+/m1/s1. The molecule has 0 unspecified atom stereocenters. The van der Waals surface area contributed by atoms with Crippen LogP contribution in [0.25, 0.3) is 11.1 Å². The molecule has 0 radical (unpaired) electrons. The number of aliphatic hydroxyl groups is 1. The van der Waals surface area contributed by atoms with Crippen molar-refractivity contribution in [3.8, 4) is 11.1 Å². The molecular formula is C30H29Cl3N4O4S. The lowest BCUT2D eigenvalue weighted by Gasteiger charge is -2.36. The summed E-state index contributed by atoms with van der Waals surface area (Å²) in [6, 6.07) is 23.6. The molecule has 1 saturated heterocycles. The molecule has 1 aliphatic rings. The second kappa shape index (κ2) is 13.8. The molecule has 8 nitrogen and oxygen atoms in total. The summed E-state index contributed by atoms with van der Waals surface area (Å²) in [5.74, 6) is -0.00171. The summed E-state index contributed by atoms with van der Waals surface area (Å²) in [7, 11) is 1.91. The Hall–Kier alpha value is -2.63. The van der Waals surface area contributed by atoms with Gasteiger partial charge >= 0.3 is 0 Å². The molecular weight excluding hydrogens is 619 g/mol. The first-order valence-corrected chi connectivity index (χ1v) is 15.3. The van der Waals surface area contributed by atoms with E-state index >= 15 is 0 Å².